The molecule has 1 aromatic carbocycles. The monoisotopic (exact) mass is 307 g/mol. The van der Waals surface area contributed by atoms with Crippen molar-refractivity contribution in [3.63, 3.8) is 0 Å². The fraction of sp³-hybridized carbons (Fsp3) is 0.250. The topological polar surface area (TPSA) is 63.2 Å². The van der Waals surface area contributed by atoms with E-state index in [0.717, 1.165) is 24.3 Å². The number of benzene rings is 1. The van der Waals surface area contributed by atoms with Crippen LogP contribution >= 0.6 is 0 Å². The van der Waals surface area contributed by atoms with Crippen LogP contribution in [0, 0.1) is 0 Å². The summed E-state index contributed by atoms with van der Waals surface area (Å²) in [5.41, 5.74) is -1.04. The molecule has 1 amide bonds. The Balaban J connectivity index is 2.79. The highest BCUT2D eigenvalue weighted by molar-refractivity contribution is 7.92. The molecular weight excluding hydrogens is 295 g/mol. The number of hydrogen-bond acceptors (Lipinski definition) is 3. The predicted octanol–water partition coefficient (Wildman–Crippen LogP) is 2.24. The Labute approximate surface area is 114 Å². The summed E-state index contributed by atoms with van der Waals surface area (Å²) in [6.07, 6.45) is -3.40. The van der Waals surface area contributed by atoms with E-state index in [4.69, 9.17) is 0 Å². The van der Waals surface area contributed by atoms with Gasteiger partial charge in [0.05, 0.1) is 11.3 Å². The maximum absolute atomic E-state index is 12.5. The molecule has 0 spiro atoms. The first-order valence-electron chi connectivity index (χ1n) is 5.42. The highest BCUT2D eigenvalue weighted by Gasteiger charge is 2.30. The van der Waals surface area contributed by atoms with Crippen molar-refractivity contribution < 1.29 is 26.4 Å². The fourth-order valence-electron chi connectivity index (χ4n) is 1.41. The Kier molecular flexibility index (Phi) is 4.93. The highest BCUT2D eigenvalue weighted by atomic mass is 32.2. The van der Waals surface area contributed by atoms with E-state index in [1.807, 2.05) is 0 Å². The molecule has 0 atom stereocenters. The van der Waals surface area contributed by atoms with Gasteiger partial charge in [-0.25, -0.2) is 8.42 Å². The molecule has 0 unspecified atom stereocenters. The second-order valence-corrected chi connectivity index (χ2v) is 6.08. The van der Waals surface area contributed by atoms with E-state index in [0.29, 0.717) is 0 Å². The molecule has 0 fully saturated rings. The number of carbonyl (C=O) groups is 1. The SMILES string of the molecule is C=CCS(=O)(=O)CC(=O)Nc1cccc(C(F)(F)F)c1. The van der Waals surface area contributed by atoms with Gasteiger partial charge in [0, 0.05) is 5.69 Å². The van der Waals surface area contributed by atoms with E-state index in [-0.39, 0.29) is 11.4 Å². The number of alkyl halides is 3. The van der Waals surface area contributed by atoms with Crippen molar-refractivity contribution in [1.29, 1.82) is 0 Å². The van der Waals surface area contributed by atoms with Crippen LogP contribution in [-0.2, 0) is 20.8 Å². The number of rotatable bonds is 5. The summed E-state index contributed by atoms with van der Waals surface area (Å²) in [5, 5.41) is 2.12. The third kappa shape index (κ3) is 5.04. The zero-order chi connectivity index (χ0) is 15.4. The van der Waals surface area contributed by atoms with Gasteiger partial charge in [0.15, 0.2) is 9.84 Å². The zero-order valence-electron chi connectivity index (χ0n) is 10.3. The summed E-state index contributed by atoms with van der Waals surface area (Å²) in [5.74, 6) is -2.08. The van der Waals surface area contributed by atoms with Crippen molar-refractivity contribution in [2.75, 3.05) is 16.8 Å². The molecule has 0 saturated heterocycles. The number of sulfone groups is 1. The van der Waals surface area contributed by atoms with E-state index >= 15 is 0 Å². The van der Waals surface area contributed by atoms with Gasteiger partial charge in [0.25, 0.3) is 0 Å². The van der Waals surface area contributed by atoms with Gasteiger partial charge in [-0.15, -0.1) is 6.58 Å². The Hall–Kier alpha value is -1.83. The number of hydrogen-bond donors (Lipinski definition) is 1. The average molecular weight is 307 g/mol. The minimum absolute atomic E-state index is 0.112. The number of amides is 1. The lowest BCUT2D eigenvalue weighted by molar-refractivity contribution is -0.137. The number of carbonyl (C=O) groups excluding carboxylic acids is 1. The summed E-state index contributed by atoms with van der Waals surface area (Å²) in [7, 11) is -3.64. The predicted molar refractivity (Wildman–Crippen MR) is 68.9 cm³/mol. The second-order valence-electron chi connectivity index (χ2n) is 3.97. The fourth-order valence-corrected chi connectivity index (χ4v) is 2.36. The summed E-state index contributed by atoms with van der Waals surface area (Å²) in [6.45, 7) is 3.24. The van der Waals surface area contributed by atoms with Gasteiger partial charge in [-0.05, 0) is 18.2 Å². The van der Waals surface area contributed by atoms with Crippen LogP contribution in [0.2, 0.25) is 0 Å². The van der Waals surface area contributed by atoms with Crippen LogP contribution < -0.4 is 5.32 Å². The molecule has 0 aliphatic rings. The van der Waals surface area contributed by atoms with Crippen LogP contribution in [0.15, 0.2) is 36.9 Å². The minimum Gasteiger partial charge on any atom is -0.325 e. The maximum Gasteiger partial charge on any atom is 0.416 e. The Morgan fingerprint density at radius 1 is 1.35 bits per heavy atom. The van der Waals surface area contributed by atoms with Crippen LogP contribution in [0.25, 0.3) is 0 Å². The molecular formula is C12H12F3NO3S. The summed E-state index contributed by atoms with van der Waals surface area (Å²) >= 11 is 0. The molecule has 0 aromatic heterocycles. The van der Waals surface area contributed by atoms with Gasteiger partial charge in [-0.2, -0.15) is 13.2 Å². The lowest BCUT2D eigenvalue weighted by Crippen LogP contribution is -2.24. The van der Waals surface area contributed by atoms with Crippen LogP contribution in [0.4, 0.5) is 18.9 Å². The molecule has 110 valence electrons. The molecule has 0 heterocycles. The lowest BCUT2D eigenvalue weighted by atomic mass is 10.2. The van der Waals surface area contributed by atoms with E-state index < -0.39 is 33.2 Å². The molecule has 1 rings (SSSR count). The first kappa shape index (κ1) is 16.2. The van der Waals surface area contributed by atoms with E-state index in [1.165, 1.54) is 6.07 Å². The normalized spacial score (nSPS) is 11.9. The average Bonchev–Trinajstić information content (AvgIpc) is 2.26. The van der Waals surface area contributed by atoms with Crippen molar-refractivity contribution in [3.8, 4) is 0 Å². The van der Waals surface area contributed by atoms with Gasteiger partial charge in [0.1, 0.15) is 5.75 Å². The molecule has 4 nitrogen and oxygen atoms in total. The van der Waals surface area contributed by atoms with Gasteiger partial charge in [0.2, 0.25) is 5.91 Å². The Morgan fingerprint density at radius 2 is 2.00 bits per heavy atom. The minimum atomic E-state index is -4.53. The van der Waals surface area contributed by atoms with Gasteiger partial charge >= 0.3 is 6.18 Å². The van der Waals surface area contributed by atoms with Crippen molar-refractivity contribution in [2.24, 2.45) is 0 Å². The molecule has 0 bridgehead atoms. The van der Waals surface area contributed by atoms with Gasteiger partial charge < -0.3 is 5.32 Å². The third-order valence-corrected chi connectivity index (χ3v) is 3.64. The van der Waals surface area contributed by atoms with Crippen molar-refractivity contribution in [2.45, 2.75) is 6.18 Å². The molecule has 0 saturated carbocycles. The molecule has 20 heavy (non-hydrogen) atoms. The zero-order valence-corrected chi connectivity index (χ0v) is 11.1. The summed E-state index contributed by atoms with van der Waals surface area (Å²) in [4.78, 5) is 11.5. The molecule has 0 aliphatic carbocycles. The molecule has 0 radical (unpaired) electrons. The number of anilines is 1. The largest absolute Gasteiger partial charge is 0.416 e. The number of nitrogens with one attached hydrogen (secondary N) is 1. The van der Waals surface area contributed by atoms with Gasteiger partial charge in [-0.3, -0.25) is 4.79 Å². The Bertz CT molecular complexity index is 609. The number of halogens is 3. The standard InChI is InChI=1S/C12H12F3NO3S/c1-2-6-20(18,19)8-11(17)16-10-5-3-4-9(7-10)12(13,14)15/h2-5,7H,1,6,8H2,(H,16,17). The molecule has 8 heteroatoms. The van der Waals surface area contributed by atoms with Crippen LogP contribution in [0.1, 0.15) is 5.56 Å². The molecule has 0 aliphatic heterocycles. The lowest BCUT2D eigenvalue weighted by Gasteiger charge is -2.09. The van der Waals surface area contributed by atoms with Gasteiger partial charge in [-0.1, -0.05) is 12.1 Å². The second kappa shape index (κ2) is 6.08. The van der Waals surface area contributed by atoms with E-state index in [1.54, 1.807) is 0 Å². The highest BCUT2D eigenvalue weighted by Crippen LogP contribution is 2.30. The van der Waals surface area contributed by atoms with E-state index in [9.17, 15) is 26.4 Å². The van der Waals surface area contributed by atoms with Crippen molar-refractivity contribution in [3.05, 3.63) is 42.5 Å². The smallest absolute Gasteiger partial charge is 0.325 e. The first-order valence-corrected chi connectivity index (χ1v) is 7.24. The third-order valence-electron chi connectivity index (χ3n) is 2.20. The molecule has 1 N–H and O–H groups in total. The molecule has 1 aromatic rings. The summed E-state index contributed by atoms with van der Waals surface area (Å²) in [6, 6.07) is 3.95. The quantitative estimate of drug-likeness (QED) is 0.849. The van der Waals surface area contributed by atoms with Crippen LogP contribution in [-0.4, -0.2) is 25.8 Å². The van der Waals surface area contributed by atoms with Crippen LogP contribution in [0.3, 0.4) is 0 Å². The Morgan fingerprint density at radius 3 is 2.55 bits per heavy atom. The van der Waals surface area contributed by atoms with Crippen molar-refractivity contribution in [1.82, 2.24) is 0 Å². The van der Waals surface area contributed by atoms with E-state index in [2.05, 4.69) is 11.9 Å². The summed E-state index contributed by atoms with van der Waals surface area (Å²) < 4.78 is 60.1. The van der Waals surface area contributed by atoms with Crippen LogP contribution in [0.5, 0.6) is 0 Å². The first-order chi connectivity index (χ1) is 9.14. The maximum atomic E-state index is 12.5. The van der Waals surface area contributed by atoms with Crippen molar-refractivity contribution >= 4 is 21.4 Å².